The number of carbonyl (C=O) groups excluding carboxylic acids is 1. The van der Waals surface area contributed by atoms with Crippen molar-refractivity contribution in [3.8, 4) is 22.9 Å². The highest BCUT2D eigenvalue weighted by Gasteiger charge is 2.34. The third-order valence-electron chi connectivity index (χ3n) is 5.35. The Bertz CT molecular complexity index is 1110. The molecule has 0 fully saturated rings. The van der Waals surface area contributed by atoms with Gasteiger partial charge in [-0.25, -0.2) is 4.68 Å². The first kappa shape index (κ1) is 21.1. The number of aryl methyl sites for hydroxylation is 1. The van der Waals surface area contributed by atoms with Crippen molar-refractivity contribution < 1.29 is 19.0 Å². The number of carbonyl (C=O) groups is 1. The highest BCUT2D eigenvalue weighted by atomic mass is 32.2. The zero-order chi connectivity index (χ0) is 22.1. The van der Waals surface area contributed by atoms with Crippen LogP contribution in [0.5, 0.6) is 17.2 Å². The van der Waals surface area contributed by atoms with E-state index in [0.717, 1.165) is 28.3 Å². The second-order valence-corrected chi connectivity index (χ2v) is 8.67. The molecule has 0 saturated heterocycles. The summed E-state index contributed by atoms with van der Waals surface area (Å²) in [6.07, 6.45) is 0. The van der Waals surface area contributed by atoms with Gasteiger partial charge in [0.15, 0.2) is 11.5 Å². The SMILES string of the molecule is COc1ccc(-n2nc(C)c3c2NC(=O)[C@H](C)S[C@H]3c2ccc(OC)c(OC)c2)cc1. The summed E-state index contributed by atoms with van der Waals surface area (Å²) in [5.41, 5.74) is 3.69. The van der Waals surface area contributed by atoms with Gasteiger partial charge in [-0.15, -0.1) is 11.8 Å². The minimum Gasteiger partial charge on any atom is -0.497 e. The molecule has 0 aliphatic carbocycles. The molecule has 8 heteroatoms. The Morgan fingerprint density at radius 3 is 2.35 bits per heavy atom. The predicted molar refractivity (Wildman–Crippen MR) is 122 cm³/mol. The number of benzene rings is 2. The third-order valence-corrected chi connectivity index (χ3v) is 6.75. The lowest BCUT2D eigenvalue weighted by molar-refractivity contribution is -0.115. The van der Waals surface area contributed by atoms with Crippen LogP contribution >= 0.6 is 11.8 Å². The van der Waals surface area contributed by atoms with Crippen molar-refractivity contribution in [3.63, 3.8) is 0 Å². The molecule has 0 spiro atoms. The Labute approximate surface area is 185 Å². The summed E-state index contributed by atoms with van der Waals surface area (Å²) in [6, 6.07) is 13.5. The van der Waals surface area contributed by atoms with Crippen molar-refractivity contribution in [1.82, 2.24) is 9.78 Å². The molecule has 1 amide bonds. The van der Waals surface area contributed by atoms with E-state index in [0.29, 0.717) is 17.3 Å². The standard InChI is InChI=1S/C23H25N3O4S/c1-13-20-21(15-6-11-18(29-4)19(12-15)30-5)31-14(2)23(27)24-22(20)26(25-13)16-7-9-17(28-3)10-8-16/h6-12,14,21H,1-5H3,(H,24,27)/t14-,21-/m0/s1. The van der Waals surface area contributed by atoms with Gasteiger partial charge in [0.25, 0.3) is 0 Å². The second-order valence-electron chi connectivity index (χ2n) is 7.22. The lowest BCUT2D eigenvalue weighted by Gasteiger charge is -2.19. The van der Waals surface area contributed by atoms with Gasteiger partial charge in [0.2, 0.25) is 5.91 Å². The molecule has 0 unspecified atom stereocenters. The Kier molecular flexibility index (Phi) is 5.82. The number of methoxy groups -OCH3 is 3. The van der Waals surface area contributed by atoms with E-state index in [1.165, 1.54) is 0 Å². The van der Waals surface area contributed by atoms with Gasteiger partial charge in [-0.1, -0.05) is 6.07 Å². The van der Waals surface area contributed by atoms with Crippen LogP contribution in [0.2, 0.25) is 0 Å². The Morgan fingerprint density at radius 2 is 1.71 bits per heavy atom. The van der Waals surface area contributed by atoms with E-state index >= 15 is 0 Å². The highest BCUT2D eigenvalue weighted by molar-refractivity contribution is 8.01. The normalized spacial score (nSPS) is 18.0. The van der Waals surface area contributed by atoms with Crippen molar-refractivity contribution in [2.24, 2.45) is 0 Å². The number of aromatic nitrogens is 2. The van der Waals surface area contributed by atoms with E-state index in [2.05, 4.69) is 5.32 Å². The highest BCUT2D eigenvalue weighted by Crippen LogP contribution is 2.47. The molecule has 2 atom stereocenters. The molecule has 31 heavy (non-hydrogen) atoms. The van der Waals surface area contributed by atoms with Crippen LogP contribution in [0.3, 0.4) is 0 Å². The number of nitrogens with zero attached hydrogens (tertiary/aromatic N) is 2. The average Bonchev–Trinajstić information content (AvgIpc) is 3.04. The molecule has 1 aliphatic heterocycles. The first-order valence-corrected chi connectivity index (χ1v) is 10.8. The van der Waals surface area contributed by atoms with Crippen LogP contribution in [-0.4, -0.2) is 42.3 Å². The molecule has 1 N–H and O–H groups in total. The molecule has 1 aliphatic rings. The maximum absolute atomic E-state index is 12.8. The van der Waals surface area contributed by atoms with E-state index in [1.54, 1.807) is 37.8 Å². The number of rotatable bonds is 5. The largest absolute Gasteiger partial charge is 0.497 e. The molecule has 4 rings (SSSR count). The van der Waals surface area contributed by atoms with E-state index < -0.39 is 0 Å². The molecule has 2 aromatic carbocycles. The fraction of sp³-hybridized carbons (Fsp3) is 0.304. The Balaban J connectivity index is 1.86. The van der Waals surface area contributed by atoms with Crippen LogP contribution in [0.1, 0.15) is 29.0 Å². The summed E-state index contributed by atoms with van der Waals surface area (Å²) in [7, 11) is 4.86. The van der Waals surface area contributed by atoms with Gasteiger partial charge in [-0.3, -0.25) is 4.79 Å². The van der Waals surface area contributed by atoms with Gasteiger partial charge in [-0.05, 0) is 55.8 Å². The minimum atomic E-state index is -0.241. The summed E-state index contributed by atoms with van der Waals surface area (Å²) in [4.78, 5) is 12.8. The number of fused-ring (bicyclic) bond motifs is 1. The molecule has 0 bridgehead atoms. The Morgan fingerprint density at radius 1 is 1.00 bits per heavy atom. The quantitative estimate of drug-likeness (QED) is 0.636. The van der Waals surface area contributed by atoms with Crippen LogP contribution in [-0.2, 0) is 4.79 Å². The van der Waals surface area contributed by atoms with Crippen LogP contribution in [0, 0.1) is 6.92 Å². The van der Waals surface area contributed by atoms with Crippen LogP contribution in [0.4, 0.5) is 5.82 Å². The smallest absolute Gasteiger partial charge is 0.238 e. The zero-order valence-electron chi connectivity index (χ0n) is 18.1. The van der Waals surface area contributed by atoms with Crippen molar-refractivity contribution in [1.29, 1.82) is 0 Å². The number of nitrogens with one attached hydrogen (secondary N) is 1. The molecule has 0 saturated carbocycles. The summed E-state index contributed by atoms with van der Waals surface area (Å²) >= 11 is 1.59. The lowest BCUT2D eigenvalue weighted by Crippen LogP contribution is -2.22. The van der Waals surface area contributed by atoms with Gasteiger partial charge in [0, 0.05) is 5.56 Å². The third kappa shape index (κ3) is 3.83. The van der Waals surface area contributed by atoms with Crippen molar-refractivity contribution in [2.45, 2.75) is 24.3 Å². The number of amides is 1. The van der Waals surface area contributed by atoms with E-state index in [9.17, 15) is 4.79 Å². The van der Waals surface area contributed by atoms with E-state index in [4.69, 9.17) is 19.3 Å². The number of hydrogen-bond acceptors (Lipinski definition) is 6. The summed E-state index contributed by atoms with van der Waals surface area (Å²) in [6.45, 7) is 3.88. The molecule has 162 valence electrons. The molecule has 1 aromatic heterocycles. The van der Waals surface area contributed by atoms with Gasteiger partial charge in [0.1, 0.15) is 11.6 Å². The van der Waals surface area contributed by atoms with Gasteiger partial charge in [0.05, 0.1) is 43.2 Å². The van der Waals surface area contributed by atoms with Crippen molar-refractivity contribution in [2.75, 3.05) is 26.6 Å². The van der Waals surface area contributed by atoms with Crippen LogP contribution < -0.4 is 19.5 Å². The van der Waals surface area contributed by atoms with Gasteiger partial charge >= 0.3 is 0 Å². The first-order valence-electron chi connectivity index (χ1n) is 9.89. The molecule has 7 nitrogen and oxygen atoms in total. The summed E-state index contributed by atoms with van der Waals surface area (Å²) in [5.74, 6) is 2.71. The first-order chi connectivity index (χ1) is 15.0. The minimum absolute atomic E-state index is 0.0520. The fourth-order valence-electron chi connectivity index (χ4n) is 3.70. The summed E-state index contributed by atoms with van der Waals surface area (Å²) < 4.78 is 18.0. The average molecular weight is 440 g/mol. The van der Waals surface area contributed by atoms with Crippen molar-refractivity contribution >= 4 is 23.5 Å². The number of thioether (sulfide) groups is 1. The van der Waals surface area contributed by atoms with Crippen LogP contribution in [0.15, 0.2) is 42.5 Å². The zero-order valence-corrected chi connectivity index (χ0v) is 18.9. The van der Waals surface area contributed by atoms with Gasteiger partial charge in [-0.2, -0.15) is 5.10 Å². The Hall–Kier alpha value is -3.13. The predicted octanol–water partition coefficient (Wildman–Crippen LogP) is 4.37. The second kappa shape index (κ2) is 8.55. The molecule has 0 radical (unpaired) electrons. The molecule has 2 heterocycles. The molecular weight excluding hydrogens is 414 g/mol. The van der Waals surface area contributed by atoms with E-state index in [1.807, 2.05) is 56.3 Å². The molecular formula is C23H25N3O4S. The fourth-order valence-corrected chi connectivity index (χ4v) is 5.01. The topological polar surface area (TPSA) is 74.6 Å². The number of anilines is 1. The lowest BCUT2D eigenvalue weighted by atomic mass is 10.0. The monoisotopic (exact) mass is 439 g/mol. The maximum atomic E-state index is 12.8. The van der Waals surface area contributed by atoms with Gasteiger partial charge < -0.3 is 19.5 Å². The number of ether oxygens (including phenoxy) is 3. The van der Waals surface area contributed by atoms with Crippen molar-refractivity contribution in [3.05, 3.63) is 59.3 Å². The van der Waals surface area contributed by atoms with Crippen LogP contribution in [0.25, 0.3) is 5.69 Å². The maximum Gasteiger partial charge on any atom is 0.238 e. The number of hydrogen-bond donors (Lipinski definition) is 1. The molecule has 3 aromatic rings. The van der Waals surface area contributed by atoms with E-state index in [-0.39, 0.29) is 16.4 Å². The summed E-state index contributed by atoms with van der Waals surface area (Å²) in [5, 5.41) is 7.51.